The number of hydrogen-bond acceptors (Lipinski definition) is 3. The van der Waals surface area contributed by atoms with Gasteiger partial charge in [0.1, 0.15) is 5.82 Å². The highest BCUT2D eigenvalue weighted by atomic mass is 14.9. The van der Waals surface area contributed by atoms with Crippen molar-refractivity contribution in [2.24, 2.45) is 5.73 Å². The van der Waals surface area contributed by atoms with E-state index in [4.69, 9.17) is 10.7 Å². The van der Waals surface area contributed by atoms with Crippen LogP contribution in [-0.4, -0.2) is 16.5 Å². The van der Waals surface area contributed by atoms with Crippen LogP contribution in [0.25, 0.3) is 0 Å². The van der Waals surface area contributed by atoms with Gasteiger partial charge in [0.05, 0.1) is 0 Å². The predicted molar refractivity (Wildman–Crippen MR) is 74.7 cm³/mol. The Hall–Kier alpha value is -0.960. The highest BCUT2D eigenvalue weighted by Gasteiger charge is 2.19. The lowest BCUT2D eigenvalue weighted by atomic mass is 9.86. The molecule has 0 radical (unpaired) electrons. The van der Waals surface area contributed by atoms with E-state index in [1.54, 1.807) is 0 Å². The van der Waals surface area contributed by atoms with Gasteiger partial charge in [-0.2, -0.15) is 0 Å². The Labute approximate surface area is 110 Å². The second-order valence-corrected chi connectivity index (χ2v) is 5.47. The first-order chi connectivity index (χ1) is 8.74. The van der Waals surface area contributed by atoms with E-state index in [0.29, 0.717) is 18.4 Å². The predicted octanol–water partition coefficient (Wildman–Crippen LogP) is 3.29. The summed E-state index contributed by atoms with van der Waals surface area (Å²) in [6.45, 7) is 4.87. The summed E-state index contributed by atoms with van der Waals surface area (Å²) in [6, 6.07) is 2.17. The van der Waals surface area contributed by atoms with Crippen molar-refractivity contribution in [2.45, 2.75) is 64.2 Å². The van der Waals surface area contributed by atoms with Gasteiger partial charge in [0.25, 0.3) is 0 Å². The van der Waals surface area contributed by atoms with Gasteiger partial charge >= 0.3 is 0 Å². The Morgan fingerprint density at radius 3 is 2.61 bits per heavy atom. The molecular weight excluding hydrogens is 222 g/mol. The lowest BCUT2D eigenvalue weighted by Gasteiger charge is -2.22. The lowest BCUT2D eigenvalue weighted by Crippen LogP contribution is -2.17. The topological polar surface area (TPSA) is 51.8 Å². The first-order valence-electron chi connectivity index (χ1n) is 7.30. The molecule has 0 aromatic carbocycles. The molecule has 1 atom stereocenters. The van der Waals surface area contributed by atoms with E-state index >= 15 is 0 Å². The molecule has 0 aliphatic heterocycles. The van der Waals surface area contributed by atoms with Crippen molar-refractivity contribution in [3.8, 4) is 0 Å². The van der Waals surface area contributed by atoms with Crippen molar-refractivity contribution in [1.82, 2.24) is 9.97 Å². The Balaban J connectivity index is 2.24. The third kappa shape index (κ3) is 3.08. The summed E-state index contributed by atoms with van der Waals surface area (Å²) < 4.78 is 0. The molecule has 0 amide bonds. The van der Waals surface area contributed by atoms with E-state index in [1.165, 1.54) is 37.8 Å². The molecule has 100 valence electrons. The molecular formula is C15H25N3. The molecule has 1 saturated carbocycles. The molecule has 2 rings (SSSR count). The van der Waals surface area contributed by atoms with Gasteiger partial charge in [-0.3, -0.25) is 0 Å². The van der Waals surface area contributed by atoms with Crippen molar-refractivity contribution < 1.29 is 0 Å². The van der Waals surface area contributed by atoms with E-state index in [0.717, 1.165) is 17.9 Å². The Bertz CT molecular complexity index is 379. The van der Waals surface area contributed by atoms with Gasteiger partial charge in [0.15, 0.2) is 0 Å². The Kier molecular flexibility index (Phi) is 4.70. The van der Waals surface area contributed by atoms with Crippen LogP contribution in [0.4, 0.5) is 0 Å². The van der Waals surface area contributed by atoms with Crippen LogP contribution in [0, 0.1) is 6.92 Å². The van der Waals surface area contributed by atoms with Crippen LogP contribution < -0.4 is 5.73 Å². The highest BCUT2D eigenvalue weighted by Crippen LogP contribution is 2.32. The van der Waals surface area contributed by atoms with Gasteiger partial charge < -0.3 is 5.73 Å². The first-order valence-corrected chi connectivity index (χ1v) is 7.30. The molecule has 3 nitrogen and oxygen atoms in total. The second-order valence-electron chi connectivity index (χ2n) is 5.47. The summed E-state index contributed by atoms with van der Waals surface area (Å²) in [5, 5.41) is 0. The quantitative estimate of drug-likeness (QED) is 0.888. The van der Waals surface area contributed by atoms with Gasteiger partial charge in [-0.15, -0.1) is 0 Å². The fourth-order valence-corrected chi connectivity index (χ4v) is 2.86. The summed E-state index contributed by atoms with van der Waals surface area (Å²) in [6.07, 6.45) is 7.66. The number of rotatable bonds is 4. The summed E-state index contributed by atoms with van der Waals surface area (Å²) >= 11 is 0. The normalized spacial score (nSPS) is 18.8. The maximum Gasteiger partial charge on any atom is 0.133 e. The van der Waals surface area contributed by atoms with Crippen LogP contribution in [0.15, 0.2) is 6.07 Å². The van der Waals surface area contributed by atoms with Crippen molar-refractivity contribution in [1.29, 1.82) is 0 Å². The maximum absolute atomic E-state index is 5.81. The zero-order chi connectivity index (χ0) is 13.0. The van der Waals surface area contributed by atoms with Gasteiger partial charge in [-0.05, 0) is 32.3 Å². The smallest absolute Gasteiger partial charge is 0.133 e. The van der Waals surface area contributed by atoms with Crippen LogP contribution in [0.3, 0.4) is 0 Å². The van der Waals surface area contributed by atoms with Crippen LogP contribution in [0.5, 0.6) is 0 Å². The maximum atomic E-state index is 5.81. The molecule has 1 fully saturated rings. The minimum absolute atomic E-state index is 0.312. The SMILES string of the molecule is CCC(CN)c1nc(C)cc(C2CCCCC2)n1. The van der Waals surface area contributed by atoms with Crippen molar-refractivity contribution in [2.75, 3.05) is 6.54 Å². The number of nitrogens with zero attached hydrogens (tertiary/aromatic N) is 2. The average Bonchev–Trinajstić information content (AvgIpc) is 2.40. The van der Waals surface area contributed by atoms with Crippen molar-refractivity contribution >= 4 is 0 Å². The summed E-state index contributed by atoms with van der Waals surface area (Å²) in [7, 11) is 0. The van der Waals surface area contributed by atoms with E-state index < -0.39 is 0 Å². The monoisotopic (exact) mass is 247 g/mol. The summed E-state index contributed by atoms with van der Waals surface area (Å²) in [5.41, 5.74) is 8.16. The molecule has 1 aromatic rings. The Morgan fingerprint density at radius 2 is 2.00 bits per heavy atom. The zero-order valence-electron chi connectivity index (χ0n) is 11.7. The summed E-state index contributed by atoms with van der Waals surface area (Å²) in [4.78, 5) is 9.39. The standard InChI is InChI=1S/C15H25N3/c1-3-12(10-16)15-17-11(2)9-14(18-15)13-7-5-4-6-8-13/h9,12-13H,3-8,10,16H2,1-2H3. The summed E-state index contributed by atoms with van der Waals surface area (Å²) in [5.74, 6) is 1.92. The number of hydrogen-bond donors (Lipinski definition) is 1. The molecule has 0 saturated heterocycles. The van der Waals surface area contributed by atoms with Gasteiger partial charge in [-0.1, -0.05) is 26.2 Å². The highest BCUT2D eigenvalue weighted by molar-refractivity contribution is 5.16. The van der Waals surface area contributed by atoms with Crippen LogP contribution in [0.1, 0.15) is 74.5 Å². The largest absolute Gasteiger partial charge is 0.330 e. The first kappa shape index (κ1) is 13.5. The molecule has 1 aliphatic carbocycles. The van der Waals surface area contributed by atoms with Crippen molar-refractivity contribution in [3.63, 3.8) is 0 Å². The number of aromatic nitrogens is 2. The van der Waals surface area contributed by atoms with E-state index in [1.807, 2.05) is 0 Å². The second kappa shape index (κ2) is 6.28. The number of nitrogens with two attached hydrogens (primary N) is 1. The molecule has 1 aromatic heterocycles. The van der Waals surface area contributed by atoms with Crippen LogP contribution in [-0.2, 0) is 0 Å². The molecule has 0 bridgehead atoms. The molecule has 18 heavy (non-hydrogen) atoms. The fraction of sp³-hybridized carbons (Fsp3) is 0.733. The average molecular weight is 247 g/mol. The van der Waals surface area contributed by atoms with Gasteiger partial charge in [-0.25, -0.2) is 9.97 Å². The molecule has 0 spiro atoms. The molecule has 1 unspecified atom stereocenters. The minimum Gasteiger partial charge on any atom is -0.330 e. The van der Waals surface area contributed by atoms with Crippen LogP contribution >= 0.6 is 0 Å². The fourth-order valence-electron chi connectivity index (χ4n) is 2.86. The van der Waals surface area contributed by atoms with E-state index in [2.05, 4.69) is 24.9 Å². The third-order valence-corrected chi connectivity index (χ3v) is 4.06. The minimum atomic E-state index is 0.312. The molecule has 1 heterocycles. The molecule has 1 aliphatic rings. The van der Waals surface area contributed by atoms with E-state index in [9.17, 15) is 0 Å². The van der Waals surface area contributed by atoms with Gasteiger partial charge in [0, 0.05) is 29.8 Å². The van der Waals surface area contributed by atoms with Crippen LogP contribution in [0.2, 0.25) is 0 Å². The zero-order valence-corrected chi connectivity index (χ0v) is 11.7. The molecule has 2 N–H and O–H groups in total. The van der Waals surface area contributed by atoms with Gasteiger partial charge in [0.2, 0.25) is 0 Å². The van der Waals surface area contributed by atoms with E-state index in [-0.39, 0.29) is 0 Å². The third-order valence-electron chi connectivity index (χ3n) is 4.06. The Morgan fingerprint density at radius 1 is 1.28 bits per heavy atom. The number of aryl methyl sites for hydroxylation is 1. The van der Waals surface area contributed by atoms with Crippen molar-refractivity contribution in [3.05, 3.63) is 23.3 Å². The molecule has 3 heteroatoms. The lowest BCUT2D eigenvalue weighted by molar-refractivity contribution is 0.433.